The second-order valence-corrected chi connectivity index (χ2v) is 7.77. The lowest BCUT2D eigenvalue weighted by Gasteiger charge is -2.23. The zero-order chi connectivity index (χ0) is 19.3. The van der Waals surface area contributed by atoms with E-state index in [0.717, 1.165) is 17.0 Å². The van der Waals surface area contributed by atoms with Gasteiger partial charge < -0.3 is 5.32 Å². The van der Waals surface area contributed by atoms with Crippen molar-refractivity contribution in [1.82, 2.24) is 15.5 Å². The second-order valence-electron chi connectivity index (χ2n) is 6.79. The van der Waals surface area contributed by atoms with Crippen LogP contribution >= 0.6 is 11.3 Å². The number of aromatic nitrogens is 2. The number of nitrogens with zero attached hydrogens (tertiary/aromatic N) is 2. The zero-order valence-corrected chi connectivity index (χ0v) is 16.7. The first kappa shape index (κ1) is 20.0. The Morgan fingerprint density at radius 1 is 1.08 bits per heavy atom. The van der Waals surface area contributed by atoms with Gasteiger partial charge in [0.2, 0.25) is 16.9 Å². The maximum atomic E-state index is 12.7. The predicted octanol–water partition coefficient (Wildman–Crippen LogP) is 3.64. The molecule has 2 rings (SSSR count). The predicted molar refractivity (Wildman–Crippen MR) is 105 cm³/mol. The second kappa shape index (κ2) is 8.89. The molecule has 2 N–H and O–H groups in total. The molecule has 2 unspecified atom stereocenters. The normalized spacial score (nSPS) is 13.3. The molecule has 0 radical (unpaired) electrons. The summed E-state index contributed by atoms with van der Waals surface area (Å²) in [5.74, 6) is -0.561. The van der Waals surface area contributed by atoms with Crippen LogP contribution in [0.1, 0.15) is 39.7 Å². The van der Waals surface area contributed by atoms with Crippen LogP contribution in [0.2, 0.25) is 0 Å². The molecule has 2 aromatic rings. The van der Waals surface area contributed by atoms with Gasteiger partial charge in [-0.05, 0) is 12.8 Å². The molecule has 0 saturated heterocycles. The van der Waals surface area contributed by atoms with Crippen molar-refractivity contribution in [3.63, 3.8) is 0 Å². The average Bonchev–Trinajstić information content (AvgIpc) is 3.07. The maximum absolute atomic E-state index is 12.7. The summed E-state index contributed by atoms with van der Waals surface area (Å²) in [5, 5.41) is 15.0. The lowest BCUT2D eigenvalue weighted by atomic mass is 9.97. The molecule has 2 amide bonds. The molecule has 0 aliphatic rings. The van der Waals surface area contributed by atoms with Gasteiger partial charge in [-0.15, -0.1) is 10.2 Å². The number of anilines is 1. The summed E-state index contributed by atoms with van der Waals surface area (Å²) in [6.45, 7) is 9.57. The highest BCUT2D eigenvalue weighted by Gasteiger charge is 2.27. The summed E-state index contributed by atoms with van der Waals surface area (Å²) in [5.41, 5.74) is 2.13. The quantitative estimate of drug-likeness (QED) is 0.775. The van der Waals surface area contributed by atoms with Crippen molar-refractivity contribution < 1.29 is 9.59 Å². The third-order valence-corrected chi connectivity index (χ3v) is 5.16. The molecule has 0 aliphatic carbocycles. The van der Waals surface area contributed by atoms with E-state index >= 15 is 0 Å². The summed E-state index contributed by atoms with van der Waals surface area (Å²) in [4.78, 5) is 24.7. The van der Waals surface area contributed by atoms with E-state index in [9.17, 15) is 9.59 Å². The number of hydrogen-bond donors (Lipinski definition) is 2. The lowest BCUT2D eigenvalue weighted by molar-refractivity contribution is -0.129. The zero-order valence-electron chi connectivity index (χ0n) is 15.9. The van der Waals surface area contributed by atoms with Crippen molar-refractivity contribution in [2.24, 2.45) is 11.8 Å². The van der Waals surface area contributed by atoms with E-state index in [2.05, 4.69) is 20.8 Å². The number of rotatable bonds is 7. The van der Waals surface area contributed by atoms with Gasteiger partial charge >= 0.3 is 0 Å². The minimum atomic E-state index is -0.596. The highest BCUT2D eigenvalue weighted by Crippen LogP contribution is 2.26. The van der Waals surface area contributed by atoms with Gasteiger partial charge in [-0.1, -0.05) is 75.3 Å². The molecule has 0 fully saturated rings. The van der Waals surface area contributed by atoms with Crippen molar-refractivity contribution in [3.8, 4) is 10.6 Å². The van der Waals surface area contributed by atoms with Crippen molar-refractivity contribution in [3.05, 3.63) is 29.8 Å². The monoisotopic (exact) mass is 374 g/mol. The molecular weight excluding hydrogens is 348 g/mol. The number of benzene rings is 1. The van der Waals surface area contributed by atoms with Crippen molar-refractivity contribution in [2.75, 3.05) is 5.32 Å². The summed E-state index contributed by atoms with van der Waals surface area (Å²) < 4.78 is 0. The molecule has 1 heterocycles. The van der Waals surface area contributed by atoms with E-state index < -0.39 is 6.04 Å². The summed E-state index contributed by atoms with van der Waals surface area (Å²) in [6.07, 6.45) is 0.779. The standard InChI is InChI=1S/C19H26N4O2S/c1-6-13(5)15(20-16(24)11(2)3)17(25)21-19-23-22-18(26-19)14-9-7-12(4)8-10-14/h7-11,13,15H,6H2,1-5H3,(H,20,24)(H,21,23,25). The van der Waals surface area contributed by atoms with Crippen LogP contribution in [0.5, 0.6) is 0 Å². The smallest absolute Gasteiger partial charge is 0.249 e. The number of carbonyl (C=O) groups excluding carboxylic acids is 2. The van der Waals surface area contributed by atoms with Gasteiger partial charge in [-0.3, -0.25) is 14.9 Å². The van der Waals surface area contributed by atoms with Gasteiger partial charge in [-0.25, -0.2) is 0 Å². The average molecular weight is 375 g/mol. The highest BCUT2D eigenvalue weighted by atomic mass is 32.1. The Balaban J connectivity index is 2.11. The van der Waals surface area contributed by atoms with E-state index in [1.165, 1.54) is 16.9 Å². The third-order valence-electron chi connectivity index (χ3n) is 4.27. The molecule has 1 aromatic carbocycles. The van der Waals surface area contributed by atoms with E-state index in [1.54, 1.807) is 13.8 Å². The van der Waals surface area contributed by atoms with Crippen LogP contribution in [0.25, 0.3) is 10.6 Å². The summed E-state index contributed by atoms with van der Waals surface area (Å²) in [7, 11) is 0. The maximum Gasteiger partial charge on any atom is 0.249 e. The van der Waals surface area contributed by atoms with Gasteiger partial charge in [-0.2, -0.15) is 0 Å². The Labute approximate surface area is 158 Å². The van der Waals surface area contributed by atoms with Gasteiger partial charge in [0.25, 0.3) is 0 Å². The van der Waals surface area contributed by atoms with Crippen LogP contribution in [-0.4, -0.2) is 28.1 Å². The van der Waals surface area contributed by atoms with Crippen molar-refractivity contribution in [2.45, 2.75) is 47.1 Å². The summed E-state index contributed by atoms with van der Waals surface area (Å²) >= 11 is 1.32. The fraction of sp³-hybridized carbons (Fsp3) is 0.474. The number of carbonyl (C=O) groups is 2. The molecule has 1 aromatic heterocycles. The molecule has 0 saturated carbocycles. The lowest BCUT2D eigenvalue weighted by Crippen LogP contribution is -2.48. The van der Waals surface area contributed by atoms with Crippen LogP contribution < -0.4 is 10.6 Å². The number of nitrogens with one attached hydrogen (secondary N) is 2. The molecule has 0 bridgehead atoms. The van der Waals surface area contributed by atoms with Crippen LogP contribution in [0.3, 0.4) is 0 Å². The van der Waals surface area contributed by atoms with Gasteiger partial charge in [0.05, 0.1) is 0 Å². The Morgan fingerprint density at radius 3 is 2.31 bits per heavy atom. The van der Waals surface area contributed by atoms with E-state index in [4.69, 9.17) is 0 Å². The van der Waals surface area contributed by atoms with E-state index in [0.29, 0.717) is 5.13 Å². The fourth-order valence-corrected chi connectivity index (χ4v) is 3.04. The van der Waals surface area contributed by atoms with Gasteiger partial charge in [0.15, 0.2) is 0 Å². The minimum absolute atomic E-state index is 0.0159. The molecule has 7 heteroatoms. The van der Waals surface area contributed by atoms with Gasteiger partial charge in [0.1, 0.15) is 11.0 Å². The molecule has 140 valence electrons. The van der Waals surface area contributed by atoms with Crippen LogP contribution in [0.4, 0.5) is 5.13 Å². The fourth-order valence-electron chi connectivity index (χ4n) is 2.29. The first-order valence-electron chi connectivity index (χ1n) is 8.83. The summed E-state index contributed by atoms with van der Waals surface area (Å²) in [6, 6.07) is 7.38. The largest absolute Gasteiger partial charge is 0.344 e. The van der Waals surface area contributed by atoms with E-state index in [-0.39, 0.29) is 23.7 Å². The molecule has 2 atom stereocenters. The topological polar surface area (TPSA) is 84.0 Å². The number of amides is 2. The van der Waals surface area contributed by atoms with Crippen molar-refractivity contribution in [1.29, 1.82) is 0 Å². The molecular formula is C19H26N4O2S. The van der Waals surface area contributed by atoms with Crippen LogP contribution in [0.15, 0.2) is 24.3 Å². The molecule has 6 nitrogen and oxygen atoms in total. The first-order chi connectivity index (χ1) is 12.3. The molecule has 0 spiro atoms. The molecule has 0 aliphatic heterocycles. The first-order valence-corrected chi connectivity index (χ1v) is 9.65. The number of aryl methyl sites for hydroxylation is 1. The Morgan fingerprint density at radius 2 is 1.73 bits per heavy atom. The third kappa shape index (κ3) is 5.11. The SMILES string of the molecule is CCC(C)C(NC(=O)C(C)C)C(=O)Nc1nnc(-c2ccc(C)cc2)s1. The van der Waals surface area contributed by atoms with E-state index in [1.807, 2.05) is 45.0 Å². The Bertz CT molecular complexity index is 755. The Hall–Kier alpha value is -2.28. The minimum Gasteiger partial charge on any atom is -0.344 e. The molecule has 26 heavy (non-hydrogen) atoms. The number of hydrogen-bond acceptors (Lipinski definition) is 5. The van der Waals surface area contributed by atoms with Crippen molar-refractivity contribution >= 4 is 28.3 Å². The Kier molecular flexibility index (Phi) is 6.85. The van der Waals surface area contributed by atoms with Gasteiger partial charge in [0, 0.05) is 11.5 Å². The van der Waals surface area contributed by atoms with Crippen LogP contribution in [-0.2, 0) is 9.59 Å². The highest BCUT2D eigenvalue weighted by molar-refractivity contribution is 7.18. The van der Waals surface area contributed by atoms with Crippen LogP contribution in [0, 0.1) is 18.8 Å².